The summed E-state index contributed by atoms with van der Waals surface area (Å²) < 4.78 is 0. The molecule has 2 N–H and O–H groups in total. The highest BCUT2D eigenvalue weighted by Crippen LogP contribution is 1.74. The second kappa shape index (κ2) is 6.88. The lowest BCUT2D eigenvalue weighted by Gasteiger charge is -1.88. The van der Waals surface area contributed by atoms with Gasteiger partial charge in [-0.25, -0.2) is 5.48 Å². The monoisotopic (exact) mass is 139 g/mol. The third kappa shape index (κ3) is 9.30. The molecule has 0 aromatic rings. The van der Waals surface area contributed by atoms with Crippen molar-refractivity contribution in [2.75, 3.05) is 6.54 Å². The molecular formula is C4H10ClNO2. The Kier molecular flexibility index (Phi) is 9.28. The van der Waals surface area contributed by atoms with Gasteiger partial charge in [0.2, 0.25) is 0 Å². The summed E-state index contributed by atoms with van der Waals surface area (Å²) in [6.45, 7) is 1.84. The zero-order valence-corrected chi connectivity index (χ0v) is 5.49. The van der Waals surface area contributed by atoms with Crippen LogP contribution in [0.15, 0.2) is 0 Å². The lowest BCUT2D eigenvalue weighted by atomic mass is 10.3. The van der Waals surface area contributed by atoms with E-state index in [1.54, 1.807) is 0 Å². The second-order valence-electron chi connectivity index (χ2n) is 1.36. The summed E-state index contributed by atoms with van der Waals surface area (Å²) in [5, 5.41) is 7.91. The molecule has 0 atom stereocenters. The fraction of sp³-hybridized carbons (Fsp3) is 0.750. The van der Waals surface area contributed by atoms with Gasteiger partial charge < -0.3 is 5.21 Å². The van der Waals surface area contributed by atoms with Gasteiger partial charge in [-0.3, -0.25) is 4.79 Å². The fourth-order valence-electron chi connectivity index (χ4n) is 0.232. The number of hydrogen-bond acceptors (Lipinski definition) is 3. The number of hydroxylamine groups is 1. The van der Waals surface area contributed by atoms with Crippen LogP contribution >= 0.6 is 12.4 Å². The number of hydrogen-bond donors (Lipinski definition) is 2. The summed E-state index contributed by atoms with van der Waals surface area (Å²) in [5.41, 5.74) is 1.88. The highest BCUT2D eigenvalue weighted by Gasteiger charge is 1.87. The molecule has 3 nitrogen and oxygen atoms in total. The summed E-state index contributed by atoms with van der Waals surface area (Å²) in [5.74, 6) is 0.0848. The van der Waals surface area contributed by atoms with E-state index in [2.05, 4.69) is 0 Å². The van der Waals surface area contributed by atoms with Gasteiger partial charge in [-0.15, -0.1) is 12.4 Å². The van der Waals surface area contributed by atoms with Crippen LogP contribution in [0.25, 0.3) is 0 Å². The number of carbonyl (C=O) groups excluding carboxylic acids is 1. The van der Waals surface area contributed by atoms with Gasteiger partial charge in [0, 0.05) is 13.0 Å². The maximum absolute atomic E-state index is 10.1. The van der Waals surface area contributed by atoms with Gasteiger partial charge in [-0.1, -0.05) is 0 Å². The predicted molar refractivity (Wildman–Crippen MR) is 32.3 cm³/mol. The molecule has 0 heterocycles. The Morgan fingerprint density at radius 3 is 2.38 bits per heavy atom. The van der Waals surface area contributed by atoms with Crippen LogP contribution in [0.1, 0.15) is 13.3 Å². The van der Waals surface area contributed by atoms with Crippen molar-refractivity contribution in [3.63, 3.8) is 0 Å². The van der Waals surface area contributed by atoms with Crippen molar-refractivity contribution < 1.29 is 10.0 Å². The molecule has 4 heteroatoms. The van der Waals surface area contributed by atoms with Gasteiger partial charge in [0.15, 0.2) is 0 Å². The van der Waals surface area contributed by atoms with Crippen molar-refractivity contribution >= 4 is 18.2 Å². The number of nitrogens with one attached hydrogen (secondary N) is 1. The van der Waals surface area contributed by atoms with E-state index in [9.17, 15) is 4.79 Å². The van der Waals surface area contributed by atoms with Crippen LogP contribution in [0.2, 0.25) is 0 Å². The molecule has 0 aliphatic carbocycles. The zero-order valence-electron chi connectivity index (χ0n) is 4.68. The van der Waals surface area contributed by atoms with Gasteiger partial charge in [-0.05, 0) is 6.92 Å². The first-order chi connectivity index (χ1) is 3.27. The minimum Gasteiger partial charge on any atom is -0.317 e. The smallest absolute Gasteiger partial charge is 0.131 e. The van der Waals surface area contributed by atoms with Gasteiger partial charge >= 0.3 is 0 Å². The van der Waals surface area contributed by atoms with E-state index in [0.717, 1.165) is 0 Å². The molecule has 0 rings (SSSR count). The molecule has 0 spiro atoms. The van der Waals surface area contributed by atoms with Gasteiger partial charge in [0.05, 0.1) is 0 Å². The minimum atomic E-state index is 0. The predicted octanol–water partition coefficient (Wildman–Crippen LogP) is 0.366. The molecule has 0 saturated carbocycles. The minimum absolute atomic E-state index is 0. The average Bonchev–Trinajstić information content (AvgIpc) is 1.61. The van der Waals surface area contributed by atoms with Crippen LogP contribution < -0.4 is 5.48 Å². The molecule has 50 valence electrons. The van der Waals surface area contributed by atoms with Crippen molar-refractivity contribution in [3.05, 3.63) is 0 Å². The summed E-state index contributed by atoms with van der Waals surface area (Å²) in [7, 11) is 0. The molecule has 0 aliphatic heterocycles. The Hall–Kier alpha value is -0.120. The number of ketones is 1. The van der Waals surface area contributed by atoms with Crippen molar-refractivity contribution in [1.29, 1.82) is 0 Å². The molecule has 0 aromatic heterocycles. The van der Waals surface area contributed by atoms with Crippen LogP contribution in [0.5, 0.6) is 0 Å². The largest absolute Gasteiger partial charge is 0.317 e. The van der Waals surface area contributed by atoms with Crippen LogP contribution in [-0.4, -0.2) is 17.5 Å². The summed E-state index contributed by atoms with van der Waals surface area (Å²) >= 11 is 0. The number of carbonyl (C=O) groups is 1. The van der Waals surface area contributed by atoms with E-state index in [4.69, 9.17) is 5.21 Å². The quantitative estimate of drug-likeness (QED) is 0.556. The Balaban J connectivity index is 0. The molecule has 0 aromatic carbocycles. The number of rotatable bonds is 3. The second-order valence-corrected chi connectivity index (χ2v) is 1.36. The number of halogens is 1. The SMILES string of the molecule is CC(=O)CCNO.Cl. The van der Waals surface area contributed by atoms with Crippen molar-refractivity contribution in [1.82, 2.24) is 5.48 Å². The molecule has 0 fully saturated rings. The average molecular weight is 140 g/mol. The lowest BCUT2D eigenvalue weighted by Crippen LogP contribution is -2.11. The van der Waals surface area contributed by atoms with E-state index in [0.29, 0.717) is 13.0 Å². The molecule has 8 heavy (non-hydrogen) atoms. The first-order valence-electron chi connectivity index (χ1n) is 2.13. The van der Waals surface area contributed by atoms with E-state index >= 15 is 0 Å². The summed E-state index contributed by atoms with van der Waals surface area (Å²) in [4.78, 5) is 10.1. The highest BCUT2D eigenvalue weighted by molar-refractivity contribution is 5.85. The van der Waals surface area contributed by atoms with E-state index in [1.165, 1.54) is 6.92 Å². The maximum atomic E-state index is 10.1. The molecule has 0 aliphatic rings. The van der Waals surface area contributed by atoms with Crippen LogP contribution in [0.3, 0.4) is 0 Å². The van der Waals surface area contributed by atoms with Crippen molar-refractivity contribution in [2.45, 2.75) is 13.3 Å². The third-order valence-corrected chi connectivity index (χ3v) is 0.589. The number of Topliss-reactive ketones (excluding diaryl/α,β-unsaturated/α-hetero) is 1. The summed E-state index contributed by atoms with van der Waals surface area (Å²) in [6.07, 6.45) is 0.399. The molecule has 0 radical (unpaired) electrons. The van der Waals surface area contributed by atoms with Crippen molar-refractivity contribution in [3.8, 4) is 0 Å². The molecule has 0 unspecified atom stereocenters. The third-order valence-electron chi connectivity index (χ3n) is 0.589. The van der Waals surface area contributed by atoms with E-state index in [1.807, 2.05) is 5.48 Å². The van der Waals surface area contributed by atoms with E-state index in [-0.39, 0.29) is 18.2 Å². The van der Waals surface area contributed by atoms with Gasteiger partial charge in [0.1, 0.15) is 5.78 Å². The lowest BCUT2D eigenvalue weighted by molar-refractivity contribution is -0.117. The van der Waals surface area contributed by atoms with Crippen molar-refractivity contribution in [2.24, 2.45) is 0 Å². The van der Waals surface area contributed by atoms with Crippen LogP contribution in [0, 0.1) is 0 Å². The van der Waals surface area contributed by atoms with Gasteiger partial charge in [0.25, 0.3) is 0 Å². The Bertz CT molecular complexity index is 67.1. The Morgan fingerprint density at radius 2 is 2.25 bits per heavy atom. The first kappa shape index (κ1) is 10.8. The zero-order chi connectivity index (χ0) is 5.70. The highest BCUT2D eigenvalue weighted by atomic mass is 35.5. The van der Waals surface area contributed by atoms with Crippen LogP contribution in [-0.2, 0) is 4.79 Å². The maximum Gasteiger partial charge on any atom is 0.131 e. The van der Waals surface area contributed by atoms with E-state index < -0.39 is 0 Å². The Morgan fingerprint density at radius 1 is 1.75 bits per heavy atom. The normalized spacial score (nSPS) is 7.75. The van der Waals surface area contributed by atoms with Gasteiger partial charge in [-0.2, -0.15) is 0 Å². The first-order valence-corrected chi connectivity index (χ1v) is 2.13. The molecule has 0 amide bonds. The summed E-state index contributed by atoms with van der Waals surface area (Å²) in [6, 6.07) is 0. The topological polar surface area (TPSA) is 49.3 Å². The fourth-order valence-corrected chi connectivity index (χ4v) is 0.232. The molecule has 0 saturated heterocycles. The Labute approximate surface area is 54.4 Å². The molecule has 0 bridgehead atoms. The standard InChI is InChI=1S/C4H9NO2.ClH/c1-4(6)2-3-5-7;/h5,7H,2-3H2,1H3;1H. The molecular weight excluding hydrogens is 130 g/mol. The van der Waals surface area contributed by atoms with Crippen LogP contribution in [0.4, 0.5) is 0 Å².